The van der Waals surface area contributed by atoms with Crippen LogP contribution in [0.15, 0.2) is 57.5 Å². The van der Waals surface area contributed by atoms with Gasteiger partial charge in [-0.05, 0) is 62.2 Å². The van der Waals surface area contributed by atoms with Crippen molar-refractivity contribution in [2.24, 2.45) is 4.99 Å². The van der Waals surface area contributed by atoms with Crippen LogP contribution >= 0.6 is 11.3 Å². The summed E-state index contributed by atoms with van der Waals surface area (Å²) in [6.45, 7) is 5.98. The first kappa shape index (κ1) is 27.0. The highest BCUT2D eigenvalue weighted by atomic mass is 32.1. The van der Waals surface area contributed by atoms with Crippen molar-refractivity contribution in [1.29, 1.82) is 0 Å². The Morgan fingerprint density at radius 1 is 0.974 bits per heavy atom. The normalized spacial score (nSPS) is 15.0. The van der Waals surface area contributed by atoms with Crippen LogP contribution in [-0.4, -0.2) is 45.1 Å². The molecule has 1 aliphatic heterocycles. The summed E-state index contributed by atoms with van der Waals surface area (Å²) in [5.74, 6) is 1.67. The Morgan fingerprint density at radius 3 is 2.32 bits per heavy atom. The Hall–Kier alpha value is -4.05. The van der Waals surface area contributed by atoms with Crippen molar-refractivity contribution in [3.05, 3.63) is 78.5 Å². The fraction of sp³-hybridized carbons (Fsp3) is 0.321. The molecule has 2 heterocycles. The Kier molecular flexibility index (Phi) is 8.21. The number of allylic oxidation sites excluding steroid dienone is 1. The van der Waals surface area contributed by atoms with E-state index in [-0.39, 0.29) is 12.2 Å². The minimum Gasteiger partial charge on any atom is -0.493 e. The summed E-state index contributed by atoms with van der Waals surface area (Å²) in [6, 6.07) is 10.0. The van der Waals surface area contributed by atoms with Gasteiger partial charge in [0.15, 0.2) is 27.8 Å². The van der Waals surface area contributed by atoms with Gasteiger partial charge in [0.1, 0.15) is 0 Å². The van der Waals surface area contributed by atoms with Crippen molar-refractivity contribution in [2.45, 2.75) is 26.8 Å². The van der Waals surface area contributed by atoms with Crippen LogP contribution in [-0.2, 0) is 9.53 Å². The van der Waals surface area contributed by atoms with Gasteiger partial charge in [-0.1, -0.05) is 23.5 Å². The highest BCUT2D eigenvalue weighted by Gasteiger charge is 2.34. The SMILES string of the molecule is CCOC(=O)C1=C(C)N=c2s/c(=C\c3ccc(OC)c(OC)c3)c(=O)n2[C@@H]1c1ccc(OC)c(OCC)c1. The van der Waals surface area contributed by atoms with Gasteiger partial charge in [0.05, 0.1) is 56.4 Å². The number of ether oxygens (including phenoxy) is 5. The number of thiazole rings is 1. The fourth-order valence-electron chi connectivity index (χ4n) is 4.33. The minimum atomic E-state index is -0.761. The molecule has 1 aromatic heterocycles. The number of methoxy groups -OCH3 is 3. The zero-order valence-corrected chi connectivity index (χ0v) is 23.0. The quantitative estimate of drug-likeness (QED) is 0.386. The van der Waals surface area contributed by atoms with E-state index in [4.69, 9.17) is 23.7 Å². The third-order valence-electron chi connectivity index (χ3n) is 6.03. The molecule has 0 spiro atoms. The van der Waals surface area contributed by atoms with Gasteiger partial charge in [0.2, 0.25) is 0 Å². The molecular formula is C28H30N2O7S. The van der Waals surface area contributed by atoms with Crippen molar-refractivity contribution >= 4 is 23.4 Å². The van der Waals surface area contributed by atoms with Crippen molar-refractivity contribution in [2.75, 3.05) is 34.5 Å². The standard InChI is InChI=1S/C28H30N2O7S/c1-7-36-22-15-18(10-12-20(22)34-5)25-24(27(32)37-8-2)16(3)29-28-30(25)26(31)23(38-28)14-17-9-11-19(33-4)21(13-17)35-6/h9-15,25H,7-8H2,1-6H3/b23-14-/t25-/m1/s1. The average molecular weight is 539 g/mol. The van der Waals surface area contributed by atoms with E-state index in [2.05, 4.69) is 4.99 Å². The summed E-state index contributed by atoms with van der Waals surface area (Å²) in [5, 5.41) is 0. The molecule has 200 valence electrons. The molecule has 4 rings (SSSR count). The number of carbonyl (C=O) groups is 1. The van der Waals surface area contributed by atoms with E-state index in [0.29, 0.717) is 55.8 Å². The molecular weight excluding hydrogens is 508 g/mol. The molecule has 0 N–H and O–H groups in total. The summed E-state index contributed by atoms with van der Waals surface area (Å²) in [4.78, 5) is 32.1. The first-order chi connectivity index (χ1) is 18.4. The molecule has 1 atom stereocenters. The molecule has 0 aliphatic carbocycles. The predicted octanol–water partition coefficient (Wildman–Crippen LogP) is 3.22. The van der Waals surface area contributed by atoms with Crippen LogP contribution in [0.25, 0.3) is 6.08 Å². The number of esters is 1. The van der Waals surface area contributed by atoms with Gasteiger partial charge in [-0.2, -0.15) is 0 Å². The maximum atomic E-state index is 13.8. The lowest BCUT2D eigenvalue weighted by Gasteiger charge is -2.25. The monoisotopic (exact) mass is 538 g/mol. The Labute approximate surface area is 224 Å². The van der Waals surface area contributed by atoms with Gasteiger partial charge in [0.25, 0.3) is 5.56 Å². The summed E-state index contributed by atoms with van der Waals surface area (Å²) in [6.07, 6.45) is 1.77. The summed E-state index contributed by atoms with van der Waals surface area (Å²) >= 11 is 1.25. The lowest BCUT2D eigenvalue weighted by atomic mass is 9.95. The number of carbonyl (C=O) groups excluding carboxylic acids is 1. The Bertz CT molecular complexity index is 1570. The smallest absolute Gasteiger partial charge is 0.338 e. The number of benzene rings is 2. The summed E-state index contributed by atoms with van der Waals surface area (Å²) < 4.78 is 29.3. The first-order valence-corrected chi connectivity index (χ1v) is 12.9. The number of aromatic nitrogens is 1. The fourth-order valence-corrected chi connectivity index (χ4v) is 5.38. The lowest BCUT2D eigenvalue weighted by molar-refractivity contribution is -0.139. The van der Waals surface area contributed by atoms with Crippen LogP contribution in [0, 0.1) is 0 Å². The molecule has 2 aromatic carbocycles. The molecule has 1 aliphatic rings. The number of nitrogens with zero attached hydrogens (tertiary/aromatic N) is 2. The number of fused-ring (bicyclic) bond motifs is 1. The predicted molar refractivity (Wildman–Crippen MR) is 144 cm³/mol. The third kappa shape index (κ3) is 5.04. The van der Waals surface area contributed by atoms with Gasteiger partial charge < -0.3 is 23.7 Å². The van der Waals surface area contributed by atoms with Crippen LogP contribution in [0.3, 0.4) is 0 Å². The van der Waals surface area contributed by atoms with Crippen LogP contribution in [0.4, 0.5) is 0 Å². The zero-order chi connectivity index (χ0) is 27.4. The maximum absolute atomic E-state index is 13.8. The number of rotatable bonds is 9. The molecule has 0 radical (unpaired) electrons. The molecule has 3 aromatic rings. The van der Waals surface area contributed by atoms with Crippen molar-refractivity contribution in [3.63, 3.8) is 0 Å². The van der Waals surface area contributed by atoms with E-state index >= 15 is 0 Å². The van der Waals surface area contributed by atoms with Crippen LogP contribution in [0.2, 0.25) is 0 Å². The largest absolute Gasteiger partial charge is 0.493 e. The Morgan fingerprint density at radius 2 is 1.66 bits per heavy atom. The summed E-state index contributed by atoms with van der Waals surface area (Å²) in [7, 11) is 4.68. The highest BCUT2D eigenvalue weighted by molar-refractivity contribution is 7.07. The van der Waals surface area contributed by atoms with E-state index in [1.54, 1.807) is 65.5 Å². The second kappa shape index (κ2) is 11.6. The molecule has 0 amide bonds. The van der Waals surface area contributed by atoms with Crippen molar-refractivity contribution in [3.8, 4) is 23.0 Å². The molecule has 0 unspecified atom stereocenters. The molecule has 0 bridgehead atoms. The summed E-state index contributed by atoms with van der Waals surface area (Å²) in [5.41, 5.74) is 1.93. The molecule has 10 heteroatoms. The molecule has 0 fully saturated rings. The molecule has 0 saturated heterocycles. The number of hydrogen-bond donors (Lipinski definition) is 0. The van der Waals surface area contributed by atoms with Crippen LogP contribution < -0.4 is 33.8 Å². The second-order valence-electron chi connectivity index (χ2n) is 8.26. The van der Waals surface area contributed by atoms with E-state index in [9.17, 15) is 9.59 Å². The van der Waals surface area contributed by atoms with E-state index < -0.39 is 12.0 Å². The van der Waals surface area contributed by atoms with Gasteiger partial charge in [0, 0.05) is 0 Å². The van der Waals surface area contributed by atoms with Gasteiger partial charge in [-0.3, -0.25) is 9.36 Å². The lowest BCUT2D eigenvalue weighted by Crippen LogP contribution is -2.40. The van der Waals surface area contributed by atoms with Gasteiger partial charge >= 0.3 is 5.97 Å². The Balaban J connectivity index is 1.94. The third-order valence-corrected chi connectivity index (χ3v) is 7.01. The topological polar surface area (TPSA) is 97.6 Å². The zero-order valence-electron chi connectivity index (χ0n) is 22.2. The average Bonchev–Trinajstić information content (AvgIpc) is 3.21. The van der Waals surface area contributed by atoms with Crippen molar-refractivity contribution < 1.29 is 28.5 Å². The molecule has 9 nitrogen and oxygen atoms in total. The molecule has 38 heavy (non-hydrogen) atoms. The molecule has 0 saturated carbocycles. The van der Waals surface area contributed by atoms with Crippen LogP contribution in [0.5, 0.6) is 23.0 Å². The van der Waals surface area contributed by atoms with E-state index in [0.717, 1.165) is 5.56 Å². The first-order valence-electron chi connectivity index (χ1n) is 12.1. The van der Waals surface area contributed by atoms with Crippen LogP contribution in [0.1, 0.15) is 37.9 Å². The highest BCUT2D eigenvalue weighted by Crippen LogP contribution is 2.36. The van der Waals surface area contributed by atoms with Gasteiger partial charge in [-0.25, -0.2) is 9.79 Å². The van der Waals surface area contributed by atoms with E-state index in [1.807, 2.05) is 19.1 Å². The maximum Gasteiger partial charge on any atom is 0.338 e. The second-order valence-corrected chi connectivity index (χ2v) is 9.27. The van der Waals surface area contributed by atoms with Gasteiger partial charge in [-0.15, -0.1) is 0 Å². The number of hydrogen-bond acceptors (Lipinski definition) is 9. The van der Waals surface area contributed by atoms with Crippen molar-refractivity contribution in [1.82, 2.24) is 4.57 Å². The minimum absolute atomic E-state index is 0.193. The van der Waals surface area contributed by atoms with E-state index in [1.165, 1.54) is 15.9 Å².